The zero-order valence-corrected chi connectivity index (χ0v) is 14.0. The molecule has 0 spiro atoms. The fraction of sp³-hybridized carbons (Fsp3) is 0.529. The first-order chi connectivity index (χ1) is 12.4. The van der Waals surface area contributed by atoms with Gasteiger partial charge in [0.2, 0.25) is 17.6 Å². The van der Waals surface area contributed by atoms with Crippen LogP contribution in [0.2, 0.25) is 0 Å². The van der Waals surface area contributed by atoms with Crippen molar-refractivity contribution in [2.24, 2.45) is 5.92 Å². The Hall–Kier alpha value is -2.45. The van der Waals surface area contributed by atoms with Gasteiger partial charge in [0.05, 0.1) is 5.92 Å². The molecule has 0 bridgehead atoms. The average molecular weight is 368 g/mol. The molecular weight excluding hydrogens is 349 g/mol. The SMILES string of the molecule is O=C(CCc1nc(-c2ccncc2)no1)NC1CCCC(C(F)(F)F)C1. The molecule has 2 aromatic rings. The van der Waals surface area contributed by atoms with Crippen molar-refractivity contribution >= 4 is 5.91 Å². The molecule has 0 aliphatic heterocycles. The van der Waals surface area contributed by atoms with Gasteiger partial charge in [-0.3, -0.25) is 9.78 Å². The molecule has 2 unspecified atom stereocenters. The van der Waals surface area contributed by atoms with Gasteiger partial charge in [-0.15, -0.1) is 0 Å². The summed E-state index contributed by atoms with van der Waals surface area (Å²) in [5.74, 6) is -0.922. The number of nitrogens with one attached hydrogen (secondary N) is 1. The lowest BCUT2D eigenvalue weighted by atomic mass is 9.85. The van der Waals surface area contributed by atoms with Crippen molar-refractivity contribution < 1.29 is 22.5 Å². The molecule has 1 saturated carbocycles. The summed E-state index contributed by atoms with van der Waals surface area (Å²) in [6.45, 7) is 0. The fourth-order valence-corrected chi connectivity index (χ4v) is 3.11. The van der Waals surface area contributed by atoms with E-state index in [0.29, 0.717) is 24.6 Å². The first-order valence-corrected chi connectivity index (χ1v) is 8.51. The lowest BCUT2D eigenvalue weighted by Crippen LogP contribution is -2.41. The number of rotatable bonds is 5. The van der Waals surface area contributed by atoms with Crippen LogP contribution in [-0.4, -0.2) is 33.2 Å². The Bertz CT molecular complexity index is 733. The Morgan fingerprint density at radius 2 is 2.04 bits per heavy atom. The van der Waals surface area contributed by atoms with Gasteiger partial charge >= 0.3 is 6.18 Å². The van der Waals surface area contributed by atoms with Crippen molar-refractivity contribution in [1.29, 1.82) is 0 Å². The summed E-state index contributed by atoms with van der Waals surface area (Å²) in [7, 11) is 0. The van der Waals surface area contributed by atoms with Crippen LogP contribution >= 0.6 is 0 Å². The number of aryl methyl sites for hydroxylation is 1. The minimum atomic E-state index is -4.20. The molecule has 1 aliphatic rings. The molecule has 0 aromatic carbocycles. The number of halogens is 3. The second kappa shape index (κ2) is 7.84. The van der Waals surface area contributed by atoms with Gasteiger partial charge in [0.1, 0.15) is 0 Å². The predicted molar refractivity (Wildman–Crippen MR) is 85.8 cm³/mol. The van der Waals surface area contributed by atoms with Crippen LogP contribution in [0.15, 0.2) is 29.0 Å². The number of hydrogen-bond donors (Lipinski definition) is 1. The number of alkyl halides is 3. The van der Waals surface area contributed by atoms with Gasteiger partial charge in [-0.05, 0) is 31.4 Å². The van der Waals surface area contributed by atoms with Crippen LogP contribution in [0.3, 0.4) is 0 Å². The van der Waals surface area contributed by atoms with Crippen molar-refractivity contribution in [2.75, 3.05) is 0 Å². The molecule has 2 heterocycles. The largest absolute Gasteiger partial charge is 0.391 e. The van der Waals surface area contributed by atoms with Crippen molar-refractivity contribution in [3.8, 4) is 11.4 Å². The van der Waals surface area contributed by atoms with Gasteiger partial charge in [-0.2, -0.15) is 18.2 Å². The van der Waals surface area contributed by atoms with Crippen molar-refractivity contribution in [2.45, 2.75) is 50.7 Å². The van der Waals surface area contributed by atoms with E-state index >= 15 is 0 Å². The molecule has 1 aliphatic carbocycles. The topological polar surface area (TPSA) is 80.9 Å². The monoisotopic (exact) mass is 368 g/mol. The summed E-state index contributed by atoms with van der Waals surface area (Å²) in [6.07, 6.45) is 0.464. The van der Waals surface area contributed by atoms with Crippen LogP contribution in [0.1, 0.15) is 38.0 Å². The summed E-state index contributed by atoms with van der Waals surface area (Å²) >= 11 is 0. The van der Waals surface area contributed by atoms with E-state index in [4.69, 9.17) is 4.52 Å². The van der Waals surface area contributed by atoms with E-state index in [2.05, 4.69) is 20.4 Å². The number of pyridine rings is 1. The molecule has 9 heteroatoms. The van der Waals surface area contributed by atoms with Gasteiger partial charge in [-0.25, -0.2) is 0 Å². The van der Waals surface area contributed by atoms with Gasteiger partial charge in [0, 0.05) is 36.8 Å². The first-order valence-electron chi connectivity index (χ1n) is 8.51. The molecule has 1 N–H and O–H groups in total. The third-order valence-electron chi connectivity index (χ3n) is 4.47. The number of carbonyl (C=O) groups is 1. The molecular formula is C17H19F3N4O2. The molecule has 140 valence electrons. The van der Waals surface area contributed by atoms with Gasteiger partial charge in [0.15, 0.2) is 0 Å². The van der Waals surface area contributed by atoms with E-state index < -0.39 is 18.1 Å². The summed E-state index contributed by atoms with van der Waals surface area (Å²) < 4.78 is 43.6. The molecule has 0 radical (unpaired) electrons. The van der Waals surface area contributed by atoms with Crippen LogP contribution < -0.4 is 5.32 Å². The van der Waals surface area contributed by atoms with Crippen LogP contribution in [0.25, 0.3) is 11.4 Å². The fourth-order valence-electron chi connectivity index (χ4n) is 3.11. The van der Waals surface area contributed by atoms with Gasteiger partial charge < -0.3 is 9.84 Å². The molecule has 1 fully saturated rings. The highest BCUT2D eigenvalue weighted by Gasteiger charge is 2.42. The second-order valence-electron chi connectivity index (χ2n) is 6.42. The number of amides is 1. The summed E-state index contributed by atoms with van der Waals surface area (Å²) in [5.41, 5.74) is 0.750. The zero-order valence-electron chi connectivity index (χ0n) is 14.0. The van der Waals surface area contributed by atoms with Crippen LogP contribution in [-0.2, 0) is 11.2 Å². The molecule has 3 rings (SSSR count). The number of aromatic nitrogens is 3. The van der Waals surface area contributed by atoms with Crippen LogP contribution in [0.4, 0.5) is 13.2 Å². The van der Waals surface area contributed by atoms with E-state index in [0.717, 1.165) is 5.56 Å². The maximum atomic E-state index is 12.8. The highest BCUT2D eigenvalue weighted by Crippen LogP contribution is 2.37. The van der Waals surface area contributed by atoms with E-state index in [1.807, 2.05) is 0 Å². The quantitative estimate of drug-likeness (QED) is 0.876. The Kier molecular flexibility index (Phi) is 5.53. The second-order valence-corrected chi connectivity index (χ2v) is 6.42. The summed E-state index contributed by atoms with van der Waals surface area (Å²) in [6, 6.07) is 3.04. The zero-order chi connectivity index (χ0) is 18.6. The minimum Gasteiger partial charge on any atom is -0.353 e. The molecule has 2 atom stereocenters. The normalized spacial score (nSPS) is 20.7. The maximum absolute atomic E-state index is 12.8. The van der Waals surface area contributed by atoms with Gasteiger partial charge in [0.25, 0.3) is 0 Å². The molecule has 2 aromatic heterocycles. The van der Waals surface area contributed by atoms with Crippen molar-refractivity contribution in [3.63, 3.8) is 0 Å². The summed E-state index contributed by atoms with van der Waals surface area (Å²) in [5, 5.41) is 6.54. The number of hydrogen-bond acceptors (Lipinski definition) is 5. The lowest BCUT2D eigenvalue weighted by molar-refractivity contribution is -0.184. The van der Waals surface area contributed by atoms with Gasteiger partial charge in [-0.1, -0.05) is 11.6 Å². The number of carbonyl (C=O) groups excluding carboxylic acids is 1. The standard InChI is InChI=1S/C17H19F3N4O2/c18-17(19,20)12-2-1-3-13(10-12)22-14(25)4-5-15-23-16(24-26-15)11-6-8-21-9-7-11/h6-9,12-13H,1-5,10H2,(H,22,25). The lowest BCUT2D eigenvalue weighted by Gasteiger charge is -2.31. The maximum Gasteiger partial charge on any atom is 0.391 e. The van der Waals surface area contributed by atoms with E-state index in [1.54, 1.807) is 24.5 Å². The Labute approximate surface area is 148 Å². The van der Waals surface area contributed by atoms with Crippen LogP contribution in [0.5, 0.6) is 0 Å². The Morgan fingerprint density at radius 3 is 2.77 bits per heavy atom. The average Bonchev–Trinajstić information content (AvgIpc) is 3.09. The minimum absolute atomic E-state index is 0.0536. The van der Waals surface area contributed by atoms with E-state index in [-0.39, 0.29) is 31.6 Å². The molecule has 0 saturated heterocycles. The Balaban J connectivity index is 1.48. The molecule has 26 heavy (non-hydrogen) atoms. The first kappa shape index (κ1) is 18.3. The highest BCUT2D eigenvalue weighted by molar-refractivity contribution is 5.76. The number of nitrogens with zero attached hydrogens (tertiary/aromatic N) is 3. The molecule has 1 amide bonds. The Morgan fingerprint density at radius 1 is 1.27 bits per heavy atom. The highest BCUT2D eigenvalue weighted by atomic mass is 19.4. The van der Waals surface area contributed by atoms with E-state index in [9.17, 15) is 18.0 Å². The van der Waals surface area contributed by atoms with Crippen LogP contribution in [0, 0.1) is 5.92 Å². The van der Waals surface area contributed by atoms with Crippen molar-refractivity contribution in [1.82, 2.24) is 20.4 Å². The molecule has 6 nitrogen and oxygen atoms in total. The predicted octanol–water partition coefficient (Wildman–Crippen LogP) is 3.30. The smallest absolute Gasteiger partial charge is 0.353 e. The third-order valence-corrected chi connectivity index (χ3v) is 4.47. The van der Waals surface area contributed by atoms with E-state index in [1.165, 1.54) is 0 Å². The van der Waals surface area contributed by atoms with Crippen molar-refractivity contribution in [3.05, 3.63) is 30.4 Å². The summed E-state index contributed by atoms with van der Waals surface area (Å²) in [4.78, 5) is 20.1. The third kappa shape index (κ3) is 4.80.